The van der Waals surface area contributed by atoms with Gasteiger partial charge in [0.15, 0.2) is 0 Å². The molecule has 0 saturated heterocycles. The number of nitriles is 1. The standard InChI is InChI=1S/C12H26N2O2P/c1-6-9-16-17-14(11(2)3,12(4)5)15-10-7-8-13/h11-12,17H,6-7,9-10H2,1-5H3/q+1. The van der Waals surface area contributed by atoms with Crippen LogP contribution in [0.25, 0.3) is 0 Å². The third-order valence-corrected chi connectivity index (χ3v) is 4.35. The van der Waals surface area contributed by atoms with Crippen LogP contribution in [0.15, 0.2) is 0 Å². The van der Waals surface area contributed by atoms with Crippen LogP contribution in [0.4, 0.5) is 0 Å². The average Bonchev–Trinajstić information content (AvgIpc) is 2.26. The Morgan fingerprint density at radius 3 is 2.18 bits per heavy atom. The van der Waals surface area contributed by atoms with E-state index in [1.54, 1.807) is 0 Å². The molecule has 17 heavy (non-hydrogen) atoms. The van der Waals surface area contributed by atoms with Crippen molar-refractivity contribution in [3.8, 4) is 6.07 Å². The van der Waals surface area contributed by atoms with Crippen LogP contribution >= 0.6 is 8.96 Å². The van der Waals surface area contributed by atoms with Gasteiger partial charge in [-0.2, -0.15) is 10.1 Å². The number of hydroxylamine groups is 2. The Bertz CT molecular complexity index is 231. The van der Waals surface area contributed by atoms with Crippen molar-refractivity contribution in [3.05, 3.63) is 0 Å². The molecule has 100 valence electrons. The molecule has 0 rings (SSSR count). The van der Waals surface area contributed by atoms with Gasteiger partial charge in [-0.1, -0.05) is 6.92 Å². The highest BCUT2D eigenvalue weighted by molar-refractivity contribution is 7.25. The molecule has 5 heteroatoms. The van der Waals surface area contributed by atoms with Crippen molar-refractivity contribution in [1.29, 1.82) is 5.26 Å². The average molecular weight is 261 g/mol. The van der Waals surface area contributed by atoms with E-state index in [4.69, 9.17) is 14.6 Å². The van der Waals surface area contributed by atoms with E-state index in [2.05, 4.69) is 40.7 Å². The second-order valence-corrected chi connectivity index (χ2v) is 5.75. The quantitative estimate of drug-likeness (QED) is 0.363. The van der Waals surface area contributed by atoms with Crippen LogP contribution in [0.5, 0.6) is 0 Å². The first-order valence-corrected chi connectivity index (χ1v) is 7.15. The Hall–Kier alpha value is -0.200. The van der Waals surface area contributed by atoms with Crippen LogP contribution in [-0.4, -0.2) is 29.7 Å². The Morgan fingerprint density at radius 2 is 1.76 bits per heavy atom. The van der Waals surface area contributed by atoms with E-state index in [9.17, 15) is 0 Å². The molecule has 1 unspecified atom stereocenters. The van der Waals surface area contributed by atoms with Crippen molar-refractivity contribution in [3.63, 3.8) is 0 Å². The zero-order valence-electron chi connectivity index (χ0n) is 11.7. The fraction of sp³-hybridized carbons (Fsp3) is 0.917. The third kappa shape index (κ3) is 5.31. The summed E-state index contributed by atoms with van der Waals surface area (Å²) in [6.07, 6.45) is 1.44. The SMILES string of the molecule is CCCOP[N+](OCCC#N)(C(C)C)C(C)C. The van der Waals surface area contributed by atoms with Crippen LogP contribution in [0, 0.1) is 11.3 Å². The maximum atomic E-state index is 8.59. The first-order valence-electron chi connectivity index (χ1n) is 6.30. The summed E-state index contributed by atoms with van der Waals surface area (Å²) < 4.78 is 6.18. The number of hydrogen-bond acceptors (Lipinski definition) is 3. The first kappa shape index (κ1) is 16.8. The molecule has 0 radical (unpaired) electrons. The highest BCUT2D eigenvalue weighted by Gasteiger charge is 2.38. The van der Waals surface area contributed by atoms with Gasteiger partial charge in [0.25, 0.3) is 8.96 Å². The lowest BCUT2D eigenvalue weighted by Crippen LogP contribution is -2.51. The van der Waals surface area contributed by atoms with Crippen LogP contribution in [-0.2, 0) is 9.36 Å². The van der Waals surface area contributed by atoms with Crippen LogP contribution in [0.2, 0.25) is 0 Å². The fourth-order valence-corrected chi connectivity index (χ4v) is 2.69. The molecule has 0 fully saturated rings. The fourth-order valence-electron chi connectivity index (χ4n) is 1.62. The molecule has 0 saturated carbocycles. The maximum absolute atomic E-state index is 8.59. The van der Waals surface area contributed by atoms with E-state index in [1.165, 1.54) is 0 Å². The van der Waals surface area contributed by atoms with Crippen molar-refractivity contribution >= 4 is 8.96 Å². The van der Waals surface area contributed by atoms with Gasteiger partial charge in [0.2, 0.25) is 0 Å². The van der Waals surface area contributed by atoms with E-state index in [1.807, 2.05) is 0 Å². The molecular formula is C12H26N2O2P+. The second kappa shape index (κ2) is 8.83. The topological polar surface area (TPSA) is 42.2 Å². The van der Waals surface area contributed by atoms with Crippen molar-refractivity contribution in [2.75, 3.05) is 13.2 Å². The summed E-state index contributed by atoms with van der Waals surface area (Å²) in [5.74, 6) is 0. The molecule has 0 aromatic rings. The predicted molar refractivity (Wildman–Crippen MR) is 71.3 cm³/mol. The van der Waals surface area contributed by atoms with Gasteiger partial charge in [-0.15, -0.1) is 4.42 Å². The van der Waals surface area contributed by atoms with Crippen molar-refractivity contribution in [1.82, 2.24) is 0 Å². The Kier molecular flexibility index (Phi) is 8.72. The molecule has 0 bridgehead atoms. The summed E-state index contributed by atoms with van der Waals surface area (Å²) in [5.41, 5.74) is 0. The Balaban J connectivity index is 4.57. The number of quaternary nitrogens is 1. The van der Waals surface area contributed by atoms with E-state index in [-0.39, 0.29) is 8.96 Å². The van der Waals surface area contributed by atoms with E-state index in [0.717, 1.165) is 13.0 Å². The van der Waals surface area contributed by atoms with Gasteiger partial charge in [-0.3, -0.25) is 0 Å². The lowest BCUT2D eigenvalue weighted by Gasteiger charge is -2.40. The highest BCUT2D eigenvalue weighted by atomic mass is 31.1. The summed E-state index contributed by atoms with van der Waals surface area (Å²) in [6.45, 7) is 11.9. The molecule has 0 aromatic heterocycles. The van der Waals surface area contributed by atoms with Gasteiger partial charge in [0.05, 0.1) is 19.1 Å². The minimum absolute atomic E-state index is 0.278. The van der Waals surface area contributed by atoms with Crippen LogP contribution in [0.3, 0.4) is 0 Å². The molecule has 0 aliphatic heterocycles. The number of nitrogens with zero attached hydrogens (tertiary/aromatic N) is 2. The van der Waals surface area contributed by atoms with E-state index < -0.39 is 0 Å². The van der Waals surface area contributed by atoms with Gasteiger partial charge >= 0.3 is 0 Å². The largest absolute Gasteiger partial charge is 0.311 e. The van der Waals surface area contributed by atoms with E-state index in [0.29, 0.717) is 29.5 Å². The minimum Gasteiger partial charge on any atom is -0.311 e. The third-order valence-electron chi connectivity index (χ3n) is 2.57. The van der Waals surface area contributed by atoms with Crippen molar-refractivity contribution < 1.29 is 13.8 Å². The van der Waals surface area contributed by atoms with Gasteiger partial charge < -0.3 is 4.52 Å². The van der Waals surface area contributed by atoms with E-state index >= 15 is 0 Å². The van der Waals surface area contributed by atoms with Crippen LogP contribution in [0.1, 0.15) is 47.5 Å². The van der Waals surface area contributed by atoms with Gasteiger partial charge in [-0.25, -0.2) is 0 Å². The van der Waals surface area contributed by atoms with Crippen molar-refractivity contribution in [2.45, 2.75) is 59.5 Å². The molecule has 4 nitrogen and oxygen atoms in total. The molecule has 1 atom stereocenters. The van der Waals surface area contributed by atoms with Gasteiger partial charge in [0, 0.05) is 0 Å². The molecule has 0 spiro atoms. The number of hydrogen-bond donors (Lipinski definition) is 0. The van der Waals surface area contributed by atoms with Gasteiger partial charge in [0.1, 0.15) is 18.7 Å². The summed E-state index contributed by atoms with van der Waals surface area (Å²) >= 11 is 0. The summed E-state index contributed by atoms with van der Waals surface area (Å²) in [4.78, 5) is 5.94. The van der Waals surface area contributed by atoms with Crippen LogP contribution < -0.4 is 0 Å². The number of rotatable bonds is 9. The summed E-state index contributed by atoms with van der Waals surface area (Å²) in [7, 11) is 0.278. The second-order valence-electron chi connectivity index (χ2n) is 4.58. The molecule has 0 amide bonds. The molecule has 0 aliphatic carbocycles. The normalized spacial score (nSPS) is 12.8. The molecule has 0 heterocycles. The molecule has 0 N–H and O–H groups in total. The zero-order valence-corrected chi connectivity index (χ0v) is 12.7. The molecular weight excluding hydrogens is 235 g/mol. The molecule has 0 aromatic carbocycles. The zero-order chi connectivity index (χ0) is 13.3. The summed E-state index contributed by atoms with van der Waals surface area (Å²) in [5, 5.41) is 8.59. The lowest BCUT2D eigenvalue weighted by atomic mass is 10.3. The minimum atomic E-state index is 0.278. The van der Waals surface area contributed by atoms with Crippen molar-refractivity contribution in [2.24, 2.45) is 0 Å². The highest BCUT2D eigenvalue weighted by Crippen LogP contribution is 2.38. The monoisotopic (exact) mass is 261 g/mol. The molecule has 0 aliphatic rings. The predicted octanol–water partition coefficient (Wildman–Crippen LogP) is 3.40. The maximum Gasteiger partial charge on any atom is 0.273 e. The first-order chi connectivity index (χ1) is 8.01. The lowest BCUT2D eigenvalue weighted by molar-refractivity contribution is -1.04. The summed E-state index contributed by atoms with van der Waals surface area (Å²) in [6, 6.07) is 2.76. The Morgan fingerprint density at radius 1 is 1.18 bits per heavy atom. The Labute approximate surface area is 107 Å². The van der Waals surface area contributed by atoms with Gasteiger partial charge in [-0.05, 0) is 34.1 Å². The smallest absolute Gasteiger partial charge is 0.273 e.